The first-order valence-corrected chi connectivity index (χ1v) is 6.80. The maximum atomic E-state index is 12.5. The molecule has 0 radical (unpaired) electrons. The predicted molar refractivity (Wildman–Crippen MR) is 62.5 cm³/mol. The SMILES string of the molecule is CC([C@@H](C)C(F)(F)F)[S+]([O-])c1ccc(C(F)(F)F)cc1. The molecule has 0 aliphatic carbocycles. The topological polar surface area (TPSA) is 23.1 Å². The van der Waals surface area contributed by atoms with Crippen LogP contribution in [0.3, 0.4) is 0 Å². The lowest BCUT2D eigenvalue weighted by Gasteiger charge is -2.25. The highest BCUT2D eigenvalue weighted by Gasteiger charge is 2.44. The van der Waals surface area contributed by atoms with Crippen LogP contribution in [0.2, 0.25) is 0 Å². The van der Waals surface area contributed by atoms with Crippen molar-refractivity contribution in [3.05, 3.63) is 29.8 Å². The average molecular weight is 318 g/mol. The van der Waals surface area contributed by atoms with E-state index in [1.807, 2.05) is 0 Å². The van der Waals surface area contributed by atoms with Gasteiger partial charge in [-0.25, -0.2) is 0 Å². The molecule has 3 atom stereocenters. The molecule has 1 nitrogen and oxygen atoms in total. The fraction of sp³-hybridized carbons (Fsp3) is 0.500. The molecule has 1 aromatic rings. The van der Waals surface area contributed by atoms with E-state index in [0.717, 1.165) is 26.0 Å². The van der Waals surface area contributed by atoms with Crippen molar-refractivity contribution >= 4 is 11.2 Å². The van der Waals surface area contributed by atoms with Crippen molar-refractivity contribution in [2.75, 3.05) is 0 Å². The molecule has 2 unspecified atom stereocenters. The van der Waals surface area contributed by atoms with Crippen molar-refractivity contribution in [2.45, 2.75) is 36.3 Å². The minimum Gasteiger partial charge on any atom is -0.611 e. The van der Waals surface area contributed by atoms with Gasteiger partial charge in [0.1, 0.15) is 5.25 Å². The second-order valence-electron chi connectivity index (χ2n) is 4.35. The number of hydrogen-bond donors (Lipinski definition) is 0. The van der Waals surface area contributed by atoms with Crippen LogP contribution in [-0.4, -0.2) is 16.0 Å². The Hall–Kier alpha value is -0.890. The number of alkyl halides is 6. The Labute approximate surface area is 115 Å². The molecule has 0 saturated carbocycles. The van der Waals surface area contributed by atoms with E-state index in [1.54, 1.807) is 0 Å². The Morgan fingerprint density at radius 3 is 1.75 bits per heavy atom. The van der Waals surface area contributed by atoms with Gasteiger partial charge in [0.05, 0.1) is 11.5 Å². The summed E-state index contributed by atoms with van der Waals surface area (Å²) in [7, 11) is 0. The Morgan fingerprint density at radius 2 is 1.40 bits per heavy atom. The Morgan fingerprint density at radius 1 is 0.950 bits per heavy atom. The second-order valence-corrected chi connectivity index (χ2v) is 6.16. The van der Waals surface area contributed by atoms with Crippen molar-refractivity contribution in [2.24, 2.45) is 5.92 Å². The van der Waals surface area contributed by atoms with Crippen molar-refractivity contribution in [3.63, 3.8) is 0 Å². The Balaban J connectivity index is 2.90. The fourth-order valence-corrected chi connectivity index (χ4v) is 2.80. The van der Waals surface area contributed by atoms with Crippen LogP contribution in [0.25, 0.3) is 0 Å². The molecule has 0 aromatic heterocycles. The van der Waals surface area contributed by atoms with Gasteiger partial charge in [-0.3, -0.25) is 0 Å². The van der Waals surface area contributed by atoms with Crippen LogP contribution in [0.4, 0.5) is 26.3 Å². The van der Waals surface area contributed by atoms with Crippen LogP contribution in [0, 0.1) is 5.92 Å². The molecule has 0 aliphatic heterocycles. The van der Waals surface area contributed by atoms with E-state index in [9.17, 15) is 30.9 Å². The van der Waals surface area contributed by atoms with Gasteiger partial charge in [-0.2, -0.15) is 26.3 Å². The van der Waals surface area contributed by atoms with E-state index in [4.69, 9.17) is 0 Å². The first kappa shape index (κ1) is 17.2. The molecule has 1 rings (SSSR count). The van der Waals surface area contributed by atoms with Crippen molar-refractivity contribution in [1.82, 2.24) is 0 Å². The monoisotopic (exact) mass is 318 g/mol. The van der Waals surface area contributed by atoms with Gasteiger partial charge in [-0.1, -0.05) is 0 Å². The summed E-state index contributed by atoms with van der Waals surface area (Å²) in [4.78, 5) is -0.0541. The molecular formula is C12H12F6OS. The first-order valence-electron chi connectivity index (χ1n) is 5.59. The summed E-state index contributed by atoms with van der Waals surface area (Å²) in [5.74, 6) is -1.81. The summed E-state index contributed by atoms with van der Waals surface area (Å²) in [6.45, 7) is 2.05. The molecule has 0 fully saturated rings. The quantitative estimate of drug-likeness (QED) is 0.598. The first-order chi connectivity index (χ1) is 8.94. The van der Waals surface area contributed by atoms with Crippen LogP contribution < -0.4 is 0 Å². The van der Waals surface area contributed by atoms with Crippen LogP contribution >= 0.6 is 0 Å². The summed E-state index contributed by atoms with van der Waals surface area (Å²) in [5.41, 5.74) is -0.935. The van der Waals surface area contributed by atoms with Gasteiger partial charge in [0.25, 0.3) is 0 Å². The van der Waals surface area contributed by atoms with E-state index in [1.165, 1.54) is 0 Å². The number of benzene rings is 1. The fourth-order valence-electron chi connectivity index (χ4n) is 1.44. The summed E-state index contributed by atoms with van der Waals surface area (Å²) in [6.07, 6.45) is -9.04. The molecule has 0 heterocycles. The Kier molecular flexibility index (Phi) is 5.02. The molecule has 20 heavy (non-hydrogen) atoms. The molecule has 0 spiro atoms. The third-order valence-corrected chi connectivity index (χ3v) is 4.79. The summed E-state index contributed by atoms with van der Waals surface area (Å²) >= 11 is -2.03. The molecule has 0 bridgehead atoms. The van der Waals surface area contributed by atoms with Gasteiger partial charge in [-0.15, -0.1) is 0 Å². The summed E-state index contributed by atoms with van der Waals surface area (Å²) in [5, 5.41) is -1.24. The lowest BCUT2D eigenvalue weighted by atomic mass is 10.1. The van der Waals surface area contributed by atoms with Crippen LogP contribution in [0.1, 0.15) is 19.4 Å². The van der Waals surface area contributed by atoms with Gasteiger partial charge in [-0.05, 0) is 49.3 Å². The zero-order valence-corrected chi connectivity index (χ0v) is 11.4. The minimum atomic E-state index is -4.54. The maximum absolute atomic E-state index is 12.5. The van der Waals surface area contributed by atoms with Gasteiger partial charge in [0.2, 0.25) is 0 Å². The third kappa shape index (κ3) is 4.05. The van der Waals surface area contributed by atoms with E-state index in [-0.39, 0.29) is 4.90 Å². The summed E-state index contributed by atoms with van der Waals surface area (Å²) in [6, 6.07) is 3.30. The zero-order chi connectivity index (χ0) is 15.7. The molecule has 8 heteroatoms. The molecule has 0 aliphatic rings. The van der Waals surface area contributed by atoms with Crippen LogP contribution in [0.15, 0.2) is 29.2 Å². The average Bonchev–Trinajstić information content (AvgIpc) is 2.34. The number of hydrogen-bond acceptors (Lipinski definition) is 1. The molecule has 114 valence electrons. The number of halogens is 6. The largest absolute Gasteiger partial charge is 0.611 e. The lowest BCUT2D eigenvalue weighted by Crippen LogP contribution is -2.35. The van der Waals surface area contributed by atoms with E-state index in [2.05, 4.69) is 0 Å². The maximum Gasteiger partial charge on any atom is 0.416 e. The molecule has 0 N–H and O–H groups in total. The van der Waals surface area contributed by atoms with E-state index in [0.29, 0.717) is 12.1 Å². The van der Waals surface area contributed by atoms with Crippen molar-refractivity contribution < 1.29 is 30.9 Å². The van der Waals surface area contributed by atoms with Gasteiger partial charge in [0, 0.05) is 0 Å². The highest BCUT2D eigenvalue weighted by molar-refractivity contribution is 7.92. The van der Waals surface area contributed by atoms with E-state index < -0.39 is 40.3 Å². The predicted octanol–water partition coefficient (Wildman–Crippen LogP) is 4.40. The van der Waals surface area contributed by atoms with Crippen molar-refractivity contribution in [1.29, 1.82) is 0 Å². The molecule has 0 saturated heterocycles. The van der Waals surface area contributed by atoms with Crippen LogP contribution in [0.5, 0.6) is 0 Å². The highest BCUT2D eigenvalue weighted by Crippen LogP contribution is 2.35. The normalized spacial score (nSPS) is 17.6. The van der Waals surface area contributed by atoms with Crippen LogP contribution in [-0.2, 0) is 17.4 Å². The van der Waals surface area contributed by atoms with Gasteiger partial charge < -0.3 is 4.55 Å². The molecular weight excluding hydrogens is 306 g/mol. The second kappa shape index (κ2) is 5.85. The zero-order valence-electron chi connectivity index (χ0n) is 10.5. The molecule has 0 amide bonds. The van der Waals surface area contributed by atoms with Gasteiger partial charge in [0.15, 0.2) is 4.90 Å². The lowest BCUT2D eigenvalue weighted by molar-refractivity contribution is -0.168. The standard InChI is InChI=1S/C12H12F6OS/c1-7(11(13,14)15)8(2)20(19)10-5-3-9(4-6-10)12(16,17)18/h3-8H,1-2H3/t7-,8?,20?/m1/s1. The third-order valence-electron chi connectivity index (χ3n) is 2.97. The molecule has 1 aromatic carbocycles. The highest BCUT2D eigenvalue weighted by atomic mass is 32.2. The van der Waals surface area contributed by atoms with Crippen molar-refractivity contribution in [3.8, 4) is 0 Å². The summed E-state index contributed by atoms with van der Waals surface area (Å²) < 4.78 is 86.5. The van der Waals surface area contributed by atoms with Gasteiger partial charge >= 0.3 is 12.4 Å². The Bertz CT molecular complexity index is 439. The number of rotatable bonds is 3. The smallest absolute Gasteiger partial charge is 0.416 e. The van der Waals surface area contributed by atoms with E-state index >= 15 is 0 Å². The minimum absolute atomic E-state index is 0.0541.